The van der Waals surface area contributed by atoms with Crippen molar-refractivity contribution in [2.45, 2.75) is 39.2 Å². The van der Waals surface area contributed by atoms with Gasteiger partial charge in [0.25, 0.3) is 5.91 Å². The molecule has 0 saturated carbocycles. The van der Waals surface area contributed by atoms with Crippen molar-refractivity contribution in [2.24, 2.45) is 0 Å². The molecule has 132 valence electrons. The van der Waals surface area contributed by atoms with Crippen molar-refractivity contribution in [2.75, 3.05) is 6.54 Å². The van der Waals surface area contributed by atoms with E-state index in [-0.39, 0.29) is 23.7 Å². The topological polar surface area (TPSA) is 58.2 Å². The highest BCUT2D eigenvalue weighted by Crippen LogP contribution is 2.22. The first-order valence-electron chi connectivity index (χ1n) is 8.55. The molecule has 0 saturated heterocycles. The van der Waals surface area contributed by atoms with Gasteiger partial charge in [0.05, 0.1) is 0 Å². The quantitative estimate of drug-likeness (QED) is 0.848. The molecular weight excluding hydrogens is 312 g/mol. The predicted molar refractivity (Wildman–Crippen MR) is 100 cm³/mol. The number of rotatable bonds is 6. The zero-order chi connectivity index (χ0) is 18.3. The number of benzene rings is 2. The van der Waals surface area contributed by atoms with E-state index in [4.69, 9.17) is 0 Å². The molecule has 0 radical (unpaired) electrons. The summed E-state index contributed by atoms with van der Waals surface area (Å²) in [5.74, 6) is -0.233. The highest BCUT2D eigenvalue weighted by atomic mass is 16.2. The van der Waals surface area contributed by atoms with Gasteiger partial charge >= 0.3 is 0 Å². The second kappa shape index (κ2) is 8.47. The lowest BCUT2D eigenvalue weighted by molar-refractivity contribution is -0.121. The largest absolute Gasteiger partial charge is 0.352 e. The van der Waals surface area contributed by atoms with Crippen LogP contribution in [0.15, 0.2) is 54.6 Å². The van der Waals surface area contributed by atoms with Gasteiger partial charge in [0.2, 0.25) is 5.91 Å². The molecule has 2 rings (SSSR count). The van der Waals surface area contributed by atoms with Crippen LogP contribution in [-0.4, -0.2) is 18.4 Å². The van der Waals surface area contributed by atoms with Crippen molar-refractivity contribution >= 4 is 11.8 Å². The number of amides is 2. The standard InChI is InChI=1S/C21H26N2O2/c1-21(2,3)18-11-9-17(10-12-18)20(25)22-14-13-19(24)23-15-16-7-5-4-6-8-16/h4-12H,13-15H2,1-3H3,(H,22,25)(H,23,24). The third-order valence-electron chi connectivity index (χ3n) is 3.98. The maximum absolute atomic E-state index is 12.1. The molecule has 0 aromatic heterocycles. The van der Waals surface area contributed by atoms with Crippen LogP contribution < -0.4 is 10.6 Å². The molecule has 0 atom stereocenters. The Morgan fingerprint density at radius 2 is 1.52 bits per heavy atom. The van der Waals surface area contributed by atoms with E-state index in [0.29, 0.717) is 18.7 Å². The van der Waals surface area contributed by atoms with Crippen LogP contribution in [0.3, 0.4) is 0 Å². The molecule has 0 aliphatic carbocycles. The molecule has 0 bridgehead atoms. The summed E-state index contributed by atoms with van der Waals surface area (Å²) in [5.41, 5.74) is 2.91. The molecular formula is C21H26N2O2. The fourth-order valence-electron chi connectivity index (χ4n) is 2.40. The van der Waals surface area contributed by atoms with Gasteiger partial charge < -0.3 is 10.6 Å². The van der Waals surface area contributed by atoms with Crippen LogP contribution in [-0.2, 0) is 16.8 Å². The van der Waals surface area contributed by atoms with Crippen molar-refractivity contribution in [3.8, 4) is 0 Å². The van der Waals surface area contributed by atoms with Gasteiger partial charge in [-0.15, -0.1) is 0 Å². The summed E-state index contributed by atoms with van der Waals surface area (Å²) in [6, 6.07) is 17.3. The Labute approximate surface area is 149 Å². The number of carbonyl (C=O) groups is 2. The lowest BCUT2D eigenvalue weighted by atomic mass is 9.87. The summed E-state index contributed by atoms with van der Waals surface area (Å²) >= 11 is 0. The average molecular weight is 338 g/mol. The number of carbonyl (C=O) groups excluding carboxylic acids is 2. The van der Waals surface area contributed by atoms with Crippen molar-refractivity contribution < 1.29 is 9.59 Å². The molecule has 0 spiro atoms. The minimum absolute atomic E-state index is 0.0614. The molecule has 0 heterocycles. The molecule has 2 amide bonds. The normalized spacial score (nSPS) is 11.0. The molecule has 0 fully saturated rings. The lowest BCUT2D eigenvalue weighted by Crippen LogP contribution is -2.30. The molecule has 0 unspecified atom stereocenters. The van der Waals surface area contributed by atoms with E-state index in [2.05, 4.69) is 31.4 Å². The van der Waals surface area contributed by atoms with E-state index in [0.717, 1.165) is 5.56 Å². The first-order valence-corrected chi connectivity index (χ1v) is 8.55. The molecule has 2 N–H and O–H groups in total. The van der Waals surface area contributed by atoms with E-state index < -0.39 is 0 Å². The monoisotopic (exact) mass is 338 g/mol. The summed E-state index contributed by atoms with van der Waals surface area (Å²) in [6.45, 7) is 7.23. The van der Waals surface area contributed by atoms with E-state index in [1.165, 1.54) is 5.56 Å². The van der Waals surface area contributed by atoms with Gasteiger partial charge in [-0.25, -0.2) is 0 Å². The third kappa shape index (κ3) is 6.07. The maximum Gasteiger partial charge on any atom is 0.251 e. The Morgan fingerprint density at radius 1 is 0.880 bits per heavy atom. The minimum atomic E-state index is -0.156. The van der Waals surface area contributed by atoms with Gasteiger partial charge in [0, 0.05) is 25.1 Å². The molecule has 0 aliphatic heterocycles. The van der Waals surface area contributed by atoms with Crippen molar-refractivity contribution in [3.63, 3.8) is 0 Å². The molecule has 2 aromatic rings. The molecule has 4 nitrogen and oxygen atoms in total. The van der Waals surface area contributed by atoms with Gasteiger partial charge in [0.15, 0.2) is 0 Å². The number of hydrogen-bond acceptors (Lipinski definition) is 2. The van der Waals surface area contributed by atoms with Crippen LogP contribution in [0, 0.1) is 0 Å². The zero-order valence-electron chi connectivity index (χ0n) is 15.1. The van der Waals surface area contributed by atoms with E-state index in [1.54, 1.807) is 0 Å². The zero-order valence-corrected chi connectivity index (χ0v) is 15.1. The average Bonchev–Trinajstić information content (AvgIpc) is 2.60. The van der Waals surface area contributed by atoms with Crippen LogP contribution in [0.4, 0.5) is 0 Å². The number of nitrogens with one attached hydrogen (secondary N) is 2. The SMILES string of the molecule is CC(C)(C)c1ccc(C(=O)NCCC(=O)NCc2ccccc2)cc1. The third-order valence-corrected chi connectivity index (χ3v) is 3.98. The smallest absolute Gasteiger partial charge is 0.251 e. The second-order valence-electron chi connectivity index (χ2n) is 7.10. The summed E-state index contributed by atoms with van der Waals surface area (Å²) in [4.78, 5) is 24.0. The van der Waals surface area contributed by atoms with Crippen LogP contribution in [0.5, 0.6) is 0 Å². The molecule has 0 aliphatic rings. The fourth-order valence-corrected chi connectivity index (χ4v) is 2.40. The van der Waals surface area contributed by atoms with E-state index in [1.807, 2.05) is 54.6 Å². The molecule has 25 heavy (non-hydrogen) atoms. The summed E-state index contributed by atoms with van der Waals surface area (Å²) in [7, 11) is 0. The highest BCUT2D eigenvalue weighted by molar-refractivity contribution is 5.94. The molecule has 4 heteroatoms. The summed E-state index contributed by atoms with van der Waals surface area (Å²) in [5, 5.41) is 5.63. The minimum Gasteiger partial charge on any atom is -0.352 e. The van der Waals surface area contributed by atoms with Crippen molar-refractivity contribution in [3.05, 3.63) is 71.3 Å². The van der Waals surface area contributed by atoms with Crippen LogP contribution in [0.25, 0.3) is 0 Å². The summed E-state index contributed by atoms with van der Waals surface area (Å²) in [6.07, 6.45) is 0.263. The predicted octanol–water partition coefficient (Wildman–Crippen LogP) is 3.42. The van der Waals surface area contributed by atoms with Crippen LogP contribution in [0.1, 0.15) is 48.7 Å². The van der Waals surface area contributed by atoms with E-state index >= 15 is 0 Å². The highest BCUT2D eigenvalue weighted by Gasteiger charge is 2.14. The van der Waals surface area contributed by atoms with Gasteiger partial charge in [-0.2, -0.15) is 0 Å². The van der Waals surface area contributed by atoms with Gasteiger partial charge in [-0.05, 0) is 28.7 Å². The second-order valence-corrected chi connectivity index (χ2v) is 7.10. The Morgan fingerprint density at radius 3 is 2.12 bits per heavy atom. The lowest BCUT2D eigenvalue weighted by Gasteiger charge is -2.19. The van der Waals surface area contributed by atoms with Gasteiger partial charge in [-0.3, -0.25) is 9.59 Å². The Hall–Kier alpha value is -2.62. The first-order chi connectivity index (χ1) is 11.9. The number of hydrogen-bond donors (Lipinski definition) is 2. The first kappa shape index (κ1) is 18.7. The Bertz CT molecular complexity index is 701. The fraction of sp³-hybridized carbons (Fsp3) is 0.333. The van der Waals surface area contributed by atoms with Crippen LogP contribution >= 0.6 is 0 Å². The Balaban J connectivity index is 1.73. The van der Waals surface area contributed by atoms with Gasteiger partial charge in [-0.1, -0.05) is 63.2 Å². The maximum atomic E-state index is 12.1. The summed E-state index contributed by atoms with van der Waals surface area (Å²) < 4.78 is 0. The Kier molecular flexibility index (Phi) is 6.34. The van der Waals surface area contributed by atoms with Crippen molar-refractivity contribution in [1.29, 1.82) is 0 Å². The van der Waals surface area contributed by atoms with E-state index in [9.17, 15) is 9.59 Å². The molecule has 2 aromatic carbocycles. The van der Waals surface area contributed by atoms with Crippen LogP contribution in [0.2, 0.25) is 0 Å². The van der Waals surface area contributed by atoms with Crippen molar-refractivity contribution in [1.82, 2.24) is 10.6 Å². The van der Waals surface area contributed by atoms with Gasteiger partial charge in [0.1, 0.15) is 0 Å².